The van der Waals surface area contributed by atoms with Gasteiger partial charge in [-0.2, -0.15) is 0 Å². The molecule has 0 bridgehead atoms. The number of nitrogens with one attached hydrogen (secondary N) is 1. The van der Waals surface area contributed by atoms with Gasteiger partial charge in [0.15, 0.2) is 0 Å². The average molecular weight is 591 g/mol. The maximum atomic E-state index is 13.8. The summed E-state index contributed by atoms with van der Waals surface area (Å²) < 4.78 is 27.3. The fourth-order valence-corrected chi connectivity index (χ4v) is 5.84. The first-order valence-corrected chi connectivity index (χ1v) is 14.8. The van der Waals surface area contributed by atoms with Gasteiger partial charge in [-0.3, -0.25) is 18.9 Å². The molecule has 0 spiro atoms. The van der Waals surface area contributed by atoms with Gasteiger partial charge in [0.25, 0.3) is 11.5 Å². The van der Waals surface area contributed by atoms with Crippen LogP contribution in [0, 0.1) is 6.92 Å². The number of aryl methyl sites for hydroxylation is 3. The minimum Gasteiger partial charge on any atom is -0.496 e. The Hall–Kier alpha value is -3.55. The number of methoxy groups -OCH3 is 1. The highest BCUT2D eigenvalue weighted by Gasteiger charge is 2.36. The number of thiophene rings is 1. The van der Waals surface area contributed by atoms with E-state index in [1.165, 1.54) is 48.5 Å². The van der Waals surface area contributed by atoms with E-state index >= 15 is 0 Å². The van der Waals surface area contributed by atoms with Crippen LogP contribution in [-0.4, -0.2) is 48.8 Å². The average Bonchev–Trinajstić information content (AvgIpc) is 3.51. The number of oxazole rings is 1. The molecule has 0 aliphatic heterocycles. The number of carbonyl (C=O) groups excluding carboxylic acids is 1. The first-order valence-electron chi connectivity index (χ1n) is 12.4. The van der Waals surface area contributed by atoms with Crippen molar-refractivity contribution in [1.29, 1.82) is 0 Å². The molecule has 0 aliphatic carbocycles. The molecular weight excluding hydrogens is 556 g/mol. The monoisotopic (exact) mass is 590 g/mol. The Kier molecular flexibility index (Phi) is 9.87. The van der Waals surface area contributed by atoms with Crippen molar-refractivity contribution in [3.05, 3.63) is 68.7 Å². The summed E-state index contributed by atoms with van der Waals surface area (Å²) in [5.41, 5.74) is -1.39. The predicted molar refractivity (Wildman–Crippen MR) is 156 cm³/mol. The summed E-state index contributed by atoms with van der Waals surface area (Å²) in [6.45, 7) is 8.32. The van der Waals surface area contributed by atoms with E-state index in [0.29, 0.717) is 38.7 Å². The lowest BCUT2D eigenvalue weighted by Gasteiger charge is -2.26. The zero-order chi connectivity index (χ0) is 29.8. The third-order valence-electron chi connectivity index (χ3n) is 5.99. The number of para-hydroxylation sites is 1. The van der Waals surface area contributed by atoms with Gasteiger partial charge in [0.1, 0.15) is 33.4 Å². The molecule has 0 radical (unpaired) electrons. The van der Waals surface area contributed by atoms with E-state index in [4.69, 9.17) is 14.3 Å². The fraction of sp³-hybridized carbons (Fsp3) is 0.407. The number of nitrogens with zero attached hydrogens (tertiary/aromatic N) is 3. The Morgan fingerprint density at radius 2 is 1.93 bits per heavy atom. The number of aromatic nitrogens is 3. The van der Waals surface area contributed by atoms with Gasteiger partial charge in [0.05, 0.1) is 23.6 Å². The number of carbonyl (C=O) groups is 1. The zero-order valence-electron chi connectivity index (χ0n) is 23.5. The van der Waals surface area contributed by atoms with E-state index in [0.717, 1.165) is 10.1 Å². The van der Waals surface area contributed by atoms with Crippen molar-refractivity contribution in [3.8, 4) is 16.5 Å². The van der Waals surface area contributed by atoms with Crippen LogP contribution in [0.25, 0.3) is 21.0 Å². The van der Waals surface area contributed by atoms with Crippen LogP contribution in [0.15, 0.2) is 50.7 Å². The third kappa shape index (κ3) is 6.43. The van der Waals surface area contributed by atoms with E-state index in [2.05, 4.69) is 9.71 Å². The van der Waals surface area contributed by atoms with E-state index in [1.807, 2.05) is 24.3 Å². The molecule has 40 heavy (non-hydrogen) atoms. The van der Waals surface area contributed by atoms with Crippen LogP contribution < -0.4 is 20.7 Å². The number of hydrogen-bond acceptors (Lipinski definition) is 9. The van der Waals surface area contributed by atoms with Crippen molar-refractivity contribution in [1.82, 2.24) is 18.8 Å². The second-order valence-electron chi connectivity index (χ2n) is 9.75. The molecule has 13 heteroatoms. The molecule has 1 amide bonds. The van der Waals surface area contributed by atoms with Crippen molar-refractivity contribution in [2.45, 2.75) is 59.2 Å². The number of amides is 1. The lowest BCUT2D eigenvalue weighted by atomic mass is 10.0. The summed E-state index contributed by atoms with van der Waals surface area (Å²) in [5.74, 6) is 0.309. The van der Waals surface area contributed by atoms with Gasteiger partial charge in [0, 0.05) is 18.9 Å². The molecule has 1 unspecified atom stereocenters. The molecule has 0 fully saturated rings. The molecule has 1 aromatic carbocycles. The molecule has 1 atom stereocenters. The van der Waals surface area contributed by atoms with Crippen LogP contribution in [0.5, 0.6) is 5.75 Å². The van der Waals surface area contributed by atoms with Crippen LogP contribution in [0.2, 0.25) is 0 Å². The van der Waals surface area contributed by atoms with E-state index in [9.17, 15) is 18.6 Å². The molecule has 11 nitrogen and oxygen atoms in total. The van der Waals surface area contributed by atoms with Gasteiger partial charge in [-0.05, 0) is 58.2 Å². The number of aliphatic hydroxyl groups is 1. The minimum atomic E-state index is -1.67. The minimum absolute atomic E-state index is 0.167. The van der Waals surface area contributed by atoms with Gasteiger partial charge >= 0.3 is 5.69 Å². The van der Waals surface area contributed by atoms with Crippen molar-refractivity contribution >= 4 is 38.4 Å². The van der Waals surface area contributed by atoms with Gasteiger partial charge in [0.2, 0.25) is 5.89 Å². The van der Waals surface area contributed by atoms with E-state index in [1.54, 1.807) is 27.9 Å². The van der Waals surface area contributed by atoms with Crippen LogP contribution in [0.4, 0.5) is 0 Å². The Labute approximate surface area is 238 Å². The van der Waals surface area contributed by atoms with Crippen molar-refractivity contribution in [2.75, 3.05) is 13.4 Å². The van der Waals surface area contributed by atoms with Crippen molar-refractivity contribution in [3.63, 3.8) is 0 Å². The first-order chi connectivity index (χ1) is 18.8. The highest BCUT2D eigenvalue weighted by molar-refractivity contribution is 7.82. The molecular formula is C27H34N4O7S2. The second-order valence-corrected chi connectivity index (χ2v) is 11.9. The number of benzene rings is 1. The van der Waals surface area contributed by atoms with Crippen LogP contribution in [0.3, 0.4) is 0 Å². The largest absolute Gasteiger partial charge is 0.496 e. The number of fused-ring (bicyclic) bond motifs is 1. The first kappa shape index (κ1) is 31.0. The molecule has 4 rings (SSSR count). The molecule has 3 heterocycles. The maximum Gasteiger partial charge on any atom is 0.333 e. The summed E-state index contributed by atoms with van der Waals surface area (Å²) >= 11 is 1.23. The summed E-state index contributed by atoms with van der Waals surface area (Å²) in [6.07, 6.45) is 4.51. The van der Waals surface area contributed by atoms with E-state index in [-0.39, 0.29) is 12.6 Å². The highest BCUT2D eigenvalue weighted by Crippen LogP contribution is 2.36. The fourth-order valence-electron chi connectivity index (χ4n) is 4.07. The second kappa shape index (κ2) is 12.7. The summed E-state index contributed by atoms with van der Waals surface area (Å²) in [5, 5.41) is 8.35. The van der Waals surface area contributed by atoms with Gasteiger partial charge < -0.3 is 14.3 Å². The molecule has 3 aromatic heterocycles. The quantitative estimate of drug-likeness (QED) is 0.319. The Balaban J connectivity index is 0.00000103. The summed E-state index contributed by atoms with van der Waals surface area (Å²) in [6, 6.07) is 7.48. The number of ether oxygens (including phenoxy) is 1. The molecule has 2 N–H and O–H groups in total. The predicted octanol–water partition coefficient (Wildman–Crippen LogP) is 2.97. The SMILES string of the molecule is CC(C)O.COc1ccccc1CCn1c(=O)n(C(C)(C)C(=O)NS(C)=O)c(=O)c2c(C)c(-c3ncco3)sc21. The van der Waals surface area contributed by atoms with Crippen LogP contribution in [-0.2, 0) is 34.3 Å². The zero-order valence-corrected chi connectivity index (χ0v) is 25.1. The lowest BCUT2D eigenvalue weighted by molar-refractivity contribution is -0.126. The third-order valence-corrected chi connectivity index (χ3v) is 7.76. The summed E-state index contributed by atoms with van der Waals surface area (Å²) in [7, 11) is -0.0937. The van der Waals surface area contributed by atoms with Crippen molar-refractivity contribution in [2.24, 2.45) is 0 Å². The summed E-state index contributed by atoms with van der Waals surface area (Å²) in [4.78, 5) is 45.8. The lowest BCUT2D eigenvalue weighted by Crippen LogP contribution is -2.55. The normalized spacial score (nSPS) is 12.2. The standard InChI is InChI=1S/C24H26N4O6S2.C3H8O/c1-14-17-20(29)28(24(2,3)22(30)26-36(5)32)23(31)27(12-10-15-8-6-7-9-16(15)33-4)21(17)35-18(14)19-25-11-13-34-19;1-3(2)4/h6-9,11,13H,10,12H2,1-5H3,(H,26,30);3-4H,1-2H3. The smallest absolute Gasteiger partial charge is 0.333 e. The molecule has 216 valence electrons. The Morgan fingerprint density at radius 1 is 1.27 bits per heavy atom. The van der Waals surface area contributed by atoms with Crippen LogP contribution in [0.1, 0.15) is 38.8 Å². The molecule has 0 saturated carbocycles. The Bertz CT molecular complexity index is 1630. The number of hydrogen-bond donors (Lipinski definition) is 2. The molecule has 0 saturated heterocycles. The van der Waals surface area contributed by atoms with Gasteiger partial charge in [-0.15, -0.1) is 11.3 Å². The molecule has 4 aromatic rings. The van der Waals surface area contributed by atoms with E-state index < -0.39 is 33.7 Å². The number of aliphatic hydroxyl groups excluding tert-OH is 1. The molecule has 0 aliphatic rings. The topological polar surface area (TPSA) is 146 Å². The van der Waals surface area contributed by atoms with Gasteiger partial charge in [-0.25, -0.2) is 18.6 Å². The Morgan fingerprint density at radius 3 is 2.50 bits per heavy atom. The van der Waals surface area contributed by atoms with Gasteiger partial charge in [-0.1, -0.05) is 18.2 Å². The van der Waals surface area contributed by atoms with Crippen LogP contribution >= 0.6 is 11.3 Å². The highest BCUT2D eigenvalue weighted by atomic mass is 32.2. The maximum absolute atomic E-state index is 13.8. The number of rotatable bonds is 8. The van der Waals surface area contributed by atoms with Crippen molar-refractivity contribution < 1.29 is 23.3 Å².